The van der Waals surface area contributed by atoms with E-state index in [0.29, 0.717) is 0 Å². The second-order valence-electron chi connectivity index (χ2n) is 7.36. The van der Waals surface area contributed by atoms with Crippen LogP contribution in [0.2, 0.25) is 0 Å². The summed E-state index contributed by atoms with van der Waals surface area (Å²) in [5.41, 5.74) is 0.0886. The Hall–Kier alpha value is -2.86. The lowest BCUT2D eigenvalue weighted by molar-refractivity contribution is 0.0920. The van der Waals surface area contributed by atoms with E-state index in [0.717, 1.165) is 10.8 Å². The number of anilines is 1. The number of carbonyl (C=O) groups is 1. The predicted octanol–water partition coefficient (Wildman–Crippen LogP) is 4.17. The molecule has 140 valence electrons. The molecule has 3 aromatic rings. The van der Waals surface area contributed by atoms with Gasteiger partial charge in [-0.25, -0.2) is 8.42 Å². The highest BCUT2D eigenvalue weighted by Crippen LogP contribution is 2.23. The number of sulfonamides is 1. The molecule has 0 heterocycles. The van der Waals surface area contributed by atoms with Crippen molar-refractivity contribution in [2.24, 2.45) is 0 Å². The molecule has 0 aliphatic rings. The molecule has 0 atom stereocenters. The van der Waals surface area contributed by atoms with Crippen molar-refractivity contribution in [3.05, 3.63) is 72.3 Å². The molecular formula is C21H22N2O3S. The minimum atomic E-state index is -3.83. The SMILES string of the molecule is CC(C)(C)NC(=O)c1ccccc1NS(=O)(=O)c1ccc2ccccc2c1. The first-order valence-corrected chi connectivity index (χ1v) is 10.1. The molecule has 0 saturated heterocycles. The number of amides is 1. The van der Waals surface area contributed by atoms with E-state index in [-0.39, 0.29) is 22.1 Å². The zero-order valence-electron chi connectivity index (χ0n) is 15.5. The molecule has 3 aromatic carbocycles. The number of rotatable bonds is 4. The number of hydrogen-bond acceptors (Lipinski definition) is 3. The Morgan fingerprint density at radius 2 is 1.48 bits per heavy atom. The average Bonchev–Trinajstić information content (AvgIpc) is 2.60. The second-order valence-corrected chi connectivity index (χ2v) is 9.05. The Kier molecular flexibility index (Phi) is 4.93. The molecule has 3 rings (SSSR count). The highest BCUT2D eigenvalue weighted by Gasteiger charge is 2.21. The third-order valence-electron chi connectivity index (χ3n) is 3.94. The van der Waals surface area contributed by atoms with Crippen molar-refractivity contribution >= 4 is 32.4 Å². The van der Waals surface area contributed by atoms with Crippen LogP contribution in [0.3, 0.4) is 0 Å². The van der Waals surface area contributed by atoms with Crippen molar-refractivity contribution in [2.45, 2.75) is 31.2 Å². The van der Waals surface area contributed by atoms with Crippen molar-refractivity contribution < 1.29 is 13.2 Å². The Morgan fingerprint density at radius 3 is 2.19 bits per heavy atom. The third-order valence-corrected chi connectivity index (χ3v) is 5.30. The van der Waals surface area contributed by atoms with E-state index in [9.17, 15) is 13.2 Å². The van der Waals surface area contributed by atoms with Crippen molar-refractivity contribution in [3.8, 4) is 0 Å². The van der Waals surface area contributed by atoms with Crippen LogP contribution >= 0.6 is 0 Å². The van der Waals surface area contributed by atoms with Crippen LogP contribution in [0.25, 0.3) is 10.8 Å². The van der Waals surface area contributed by atoms with E-state index in [4.69, 9.17) is 0 Å². The van der Waals surface area contributed by atoms with Crippen LogP contribution in [0.4, 0.5) is 5.69 Å². The van der Waals surface area contributed by atoms with Gasteiger partial charge in [-0.15, -0.1) is 0 Å². The molecule has 0 aliphatic carbocycles. The van der Waals surface area contributed by atoms with Crippen LogP contribution in [0.1, 0.15) is 31.1 Å². The monoisotopic (exact) mass is 382 g/mol. The molecule has 6 heteroatoms. The highest BCUT2D eigenvalue weighted by atomic mass is 32.2. The Balaban J connectivity index is 1.95. The fourth-order valence-corrected chi connectivity index (χ4v) is 3.83. The number of carbonyl (C=O) groups excluding carboxylic acids is 1. The number of hydrogen-bond donors (Lipinski definition) is 2. The van der Waals surface area contributed by atoms with Gasteiger partial charge in [-0.1, -0.05) is 42.5 Å². The van der Waals surface area contributed by atoms with E-state index >= 15 is 0 Å². The van der Waals surface area contributed by atoms with Gasteiger partial charge >= 0.3 is 0 Å². The first kappa shape index (κ1) is 18.9. The van der Waals surface area contributed by atoms with Crippen LogP contribution in [0, 0.1) is 0 Å². The van der Waals surface area contributed by atoms with Crippen molar-refractivity contribution in [3.63, 3.8) is 0 Å². The van der Waals surface area contributed by atoms with Crippen molar-refractivity contribution in [1.29, 1.82) is 0 Å². The molecule has 0 radical (unpaired) electrons. The smallest absolute Gasteiger partial charge is 0.261 e. The van der Waals surface area contributed by atoms with Crippen LogP contribution in [0.5, 0.6) is 0 Å². The van der Waals surface area contributed by atoms with Gasteiger partial charge in [0.05, 0.1) is 16.1 Å². The topological polar surface area (TPSA) is 75.3 Å². The fourth-order valence-electron chi connectivity index (χ4n) is 2.72. The van der Waals surface area contributed by atoms with Crippen LogP contribution in [0.15, 0.2) is 71.6 Å². The van der Waals surface area contributed by atoms with Gasteiger partial charge in [0.2, 0.25) is 0 Å². The fraction of sp³-hybridized carbons (Fsp3) is 0.190. The summed E-state index contributed by atoms with van der Waals surface area (Å²) in [5, 5.41) is 4.64. The molecule has 0 aliphatic heterocycles. The summed E-state index contributed by atoms with van der Waals surface area (Å²) >= 11 is 0. The van der Waals surface area contributed by atoms with Gasteiger partial charge in [0, 0.05) is 5.54 Å². The van der Waals surface area contributed by atoms with Gasteiger partial charge in [-0.3, -0.25) is 9.52 Å². The van der Waals surface area contributed by atoms with E-state index in [1.165, 1.54) is 0 Å². The molecule has 0 spiro atoms. The summed E-state index contributed by atoms with van der Waals surface area (Å²) in [6.07, 6.45) is 0. The number of nitrogens with one attached hydrogen (secondary N) is 2. The standard InChI is InChI=1S/C21H22N2O3S/c1-21(2,3)22-20(24)18-10-6-7-11-19(18)23-27(25,26)17-13-12-15-8-4-5-9-16(15)14-17/h4-14,23H,1-3H3,(H,22,24). The number of fused-ring (bicyclic) bond motifs is 1. The van der Waals surface area contributed by atoms with Gasteiger partial charge in [-0.05, 0) is 55.8 Å². The quantitative estimate of drug-likeness (QED) is 0.711. The average molecular weight is 382 g/mol. The minimum absolute atomic E-state index is 0.146. The minimum Gasteiger partial charge on any atom is -0.347 e. The lowest BCUT2D eigenvalue weighted by atomic mass is 10.1. The van der Waals surface area contributed by atoms with Gasteiger partial charge < -0.3 is 5.32 Å². The van der Waals surface area contributed by atoms with Crippen LogP contribution < -0.4 is 10.0 Å². The van der Waals surface area contributed by atoms with E-state index in [1.54, 1.807) is 42.5 Å². The van der Waals surface area contributed by atoms with E-state index in [1.807, 2.05) is 45.0 Å². The van der Waals surface area contributed by atoms with E-state index < -0.39 is 15.6 Å². The number of para-hydroxylation sites is 1. The molecule has 0 fully saturated rings. The molecule has 2 N–H and O–H groups in total. The van der Waals surface area contributed by atoms with Gasteiger partial charge in [0.1, 0.15) is 0 Å². The molecule has 0 aromatic heterocycles. The summed E-state index contributed by atoms with van der Waals surface area (Å²) in [4.78, 5) is 12.7. The summed E-state index contributed by atoms with van der Waals surface area (Å²) in [5.74, 6) is -0.334. The highest BCUT2D eigenvalue weighted by molar-refractivity contribution is 7.92. The zero-order valence-corrected chi connectivity index (χ0v) is 16.3. The predicted molar refractivity (Wildman–Crippen MR) is 108 cm³/mol. The molecule has 27 heavy (non-hydrogen) atoms. The maximum absolute atomic E-state index is 12.9. The normalized spacial score (nSPS) is 12.0. The summed E-state index contributed by atoms with van der Waals surface area (Å²) < 4.78 is 28.3. The van der Waals surface area contributed by atoms with Crippen molar-refractivity contribution in [2.75, 3.05) is 4.72 Å². The third kappa shape index (κ3) is 4.46. The molecule has 0 bridgehead atoms. The molecule has 5 nitrogen and oxygen atoms in total. The first-order chi connectivity index (χ1) is 12.7. The zero-order chi connectivity index (χ0) is 19.7. The first-order valence-electron chi connectivity index (χ1n) is 8.59. The molecule has 0 saturated carbocycles. The molecule has 0 unspecified atom stereocenters. The largest absolute Gasteiger partial charge is 0.347 e. The van der Waals surface area contributed by atoms with Crippen LogP contribution in [-0.2, 0) is 10.0 Å². The maximum atomic E-state index is 12.9. The number of benzene rings is 3. The van der Waals surface area contributed by atoms with E-state index in [2.05, 4.69) is 10.0 Å². The second kappa shape index (κ2) is 7.04. The molecular weight excluding hydrogens is 360 g/mol. The molecule has 1 amide bonds. The van der Waals surface area contributed by atoms with Gasteiger partial charge in [-0.2, -0.15) is 0 Å². The maximum Gasteiger partial charge on any atom is 0.261 e. The lowest BCUT2D eigenvalue weighted by Crippen LogP contribution is -2.40. The summed E-state index contributed by atoms with van der Waals surface area (Å²) in [6.45, 7) is 5.60. The summed E-state index contributed by atoms with van der Waals surface area (Å²) in [7, 11) is -3.83. The van der Waals surface area contributed by atoms with Crippen molar-refractivity contribution in [1.82, 2.24) is 5.32 Å². The lowest BCUT2D eigenvalue weighted by Gasteiger charge is -2.21. The Bertz CT molecular complexity index is 1100. The van der Waals surface area contributed by atoms with Gasteiger partial charge in [0.25, 0.3) is 15.9 Å². The Morgan fingerprint density at radius 1 is 0.852 bits per heavy atom. The summed E-state index contributed by atoms with van der Waals surface area (Å²) in [6, 6.07) is 19.1. The van der Waals surface area contributed by atoms with Gasteiger partial charge in [0.15, 0.2) is 0 Å². The van der Waals surface area contributed by atoms with Crippen LogP contribution in [-0.4, -0.2) is 19.9 Å². The Labute approximate surface area is 159 Å².